The number of hydrogen-bond acceptors (Lipinski definition) is 5. The minimum absolute atomic E-state index is 0.144. The van der Waals surface area contributed by atoms with Crippen molar-refractivity contribution in [3.63, 3.8) is 0 Å². The van der Waals surface area contributed by atoms with Crippen LogP contribution in [0.4, 0.5) is 11.4 Å². The number of benzene rings is 2. The molecule has 2 aromatic carbocycles. The number of nitrogens with zero attached hydrogens (tertiary/aromatic N) is 3. The third-order valence-corrected chi connectivity index (χ3v) is 4.78. The fourth-order valence-corrected chi connectivity index (χ4v) is 3.23. The number of carbonyl (C=O) groups is 1. The SMILES string of the molecule is Cc1c(C(=O)O)cn2ncc(C#N)c(Nc3ccc(OCc4ccccc4)cc3)c12. The second-order valence-electron chi connectivity index (χ2n) is 6.73. The van der Waals surface area contributed by atoms with Gasteiger partial charge in [0, 0.05) is 11.9 Å². The average molecular weight is 398 g/mol. The maximum atomic E-state index is 11.5. The summed E-state index contributed by atoms with van der Waals surface area (Å²) in [7, 11) is 0. The summed E-state index contributed by atoms with van der Waals surface area (Å²) in [5.74, 6) is -0.320. The molecule has 0 unspecified atom stereocenters. The zero-order chi connectivity index (χ0) is 21.1. The lowest BCUT2D eigenvalue weighted by molar-refractivity contribution is 0.0696. The molecule has 0 atom stereocenters. The quantitative estimate of drug-likeness (QED) is 0.495. The number of ether oxygens (including phenoxy) is 1. The highest BCUT2D eigenvalue weighted by molar-refractivity contribution is 5.96. The van der Waals surface area contributed by atoms with Crippen molar-refractivity contribution in [2.24, 2.45) is 0 Å². The van der Waals surface area contributed by atoms with Gasteiger partial charge in [0.25, 0.3) is 0 Å². The first-order valence-corrected chi connectivity index (χ1v) is 9.25. The molecule has 4 aromatic rings. The largest absolute Gasteiger partial charge is 0.489 e. The molecule has 0 fully saturated rings. The lowest BCUT2D eigenvalue weighted by Crippen LogP contribution is -2.01. The Labute approximate surface area is 172 Å². The number of carboxylic acid groups (broad SMARTS) is 1. The van der Waals surface area contributed by atoms with Crippen molar-refractivity contribution in [3.05, 3.63) is 89.2 Å². The van der Waals surface area contributed by atoms with E-state index in [2.05, 4.69) is 16.5 Å². The van der Waals surface area contributed by atoms with Crippen LogP contribution in [0.5, 0.6) is 5.75 Å². The summed E-state index contributed by atoms with van der Waals surface area (Å²) in [5.41, 5.74) is 3.89. The summed E-state index contributed by atoms with van der Waals surface area (Å²) in [6, 6.07) is 19.4. The third kappa shape index (κ3) is 3.66. The Hall–Kier alpha value is -4.31. The molecule has 30 heavy (non-hydrogen) atoms. The molecule has 0 spiro atoms. The van der Waals surface area contributed by atoms with Crippen LogP contribution in [0.1, 0.15) is 27.0 Å². The van der Waals surface area contributed by atoms with Gasteiger partial charge in [0.1, 0.15) is 18.4 Å². The molecular weight excluding hydrogens is 380 g/mol. The van der Waals surface area contributed by atoms with Crippen LogP contribution >= 0.6 is 0 Å². The van der Waals surface area contributed by atoms with E-state index in [0.29, 0.717) is 28.9 Å². The first-order chi connectivity index (χ1) is 14.6. The lowest BCUT2D eigenvalue weighted by Gasteiger charge is -2.12. The predicted molar refractivity (Wildman–Crippen MR) is 112 cm³/mol. The molecule has 0 amide bonds. The number of aromatic nitrogens is 2. The minimum atomic E-state index is -1.04. The van der Waals surface area contributed by atoms with Crippen molar-refractivity contribution in [3.8, 4) is 11.8 Å². The standard InChI is InChI=1S/C23H18N4O3/c1-15-20(23(28)29)13-27-22(15)21(17(11-24)12-25-27)26-18-7-9-19(10-8-18)30-14-16-5-3-2-4-6-16/h2-10,12-13,26H,14H2,1H3,(H,28,29). The highest BCUT2D eigenvalue weighted by Gasteiger charge is 2.19. The topological polar surface area (TPSA) is 99.6 Å². The lowest BCUT2D eigenvalue weighted by atomic mass is 10.1. The molecule has 0 radical (unpaired) electrons. The Morgan fingerprint density at radius 1 is 1.20 bits per heavy atom. The molecule has 7 nitrogen and oxygen atoms in total. The number of aromatic carboxylic acids is 1. The zero-order valence-corrected chi connectivity index (χ0v) is 16.2. The van der Waals surface area contributed by atoms with E-state index in [4.69, 9.17) is 4.74 Å². The van der Waals surface area contributed by atoms with Gasteiger partial charge >= 0.3 is 5.97 Å². The van der Waals surface area contributed by atoms with E-state index in [-0.39, 0.29) is 5.56 Å². The Balaban J connectivity index is 1.61. The van der Waals surface area contributed by atoms with Gasteiger partial charge in [-0.15, -0.1) is 0 Å². The normalized spacial score (nSPS) is 10.5. The van der Waals surface area contributed by atoms with Crippen molar-refractivity contribution >= 4 is 22.9 Å². The van der Waals surface area contributed by atoms with E-state index in [1.807, 2.05) is 54.6 Å². The Morgan fingerprint density at radius 3 is 2.60 bits per heavy atom. The summed E-state index contributed by atoms with van der Waals surface area (Å²) >= 11 is 0. The predicted octanol–water partition coefficient (Wildman–Crippen LogP) is 4.54. The second-order valence-corrected chi connectivity index (χ2v) is 6.73. The average Bonchev–Trinajstić information content (AvgIpc) is 3.11. The van der Waals surface area contributed by atoms with Gasteiger partial charge in [-0.2, -0.15) is 10.4 Å². The number of nitriles is 1. The van der Waals surface area contributed by atoms with Crippen molar-refractivity contribution in [1.29, 1.82) is 5.26 Å². The number of aryl methyl sites for hydroxylation is 1. The monoisotopic (exact) mass is 398 g/mol. The first-order valence-electron chi connectivity index (χ1n) is 9.25. The molecule has 148 valence electrons. The molecule has 4 rings (SSSR count). The van der Waals surface area contributed by atoms with Crippen LogP contribution in [0.15, 0.2) is 67.0 Å². The molecule has 0 saturated carbocycles. The van der Waals surface area contributed by atoms with Gasteiger partial charge in [0.05, 0.1) is 28.5 Å². The zero-order valence-electron chi connectivity index (χ0n) is 16.2. The Morgan fingerprint density at radius 2 is 1.93 bits per heavy atom. The molecule has 2 heterocycles. The molecule has 0 saturated heterocycles. The number of rotatable bonds is 6. The highest BCUT2D eigenvalue weighted by Crippen LogP contribution is 2.30. The van der Waals surface area contributed by atoms with Crippen LogP contribution in [-0.4, -0.2) is 20.7 Å². The molecule has 0 aliphatic rings. The molecule has 7 heteroatoms. The van der Waals surface area contributed by atoms with Crippen LogP contribution in [0.3, 0.4) is 0 Å². The highest BCUT2D eigenvalue weighted by atomic mass is 16.5. The van der Waals surface area contributed by atoms with E-state index in [1.165, 1.54) is 16.9 Å². The van der Waals surface area contributed by atoms with Gasteiger partial charge in [-0.1, -0.05) is 30.3 Å². The fraction of sp³-hybridized carbons (Fsp3) is 0.0870. The molecular formula is C23H18N4O3. The molecule has 2 N–H and O–H groups in total. The van der Waals surface area contributed by atoms with Crippen molar-refractivity contribution < 1.29 is 14.6 Å². The number of fused-ring (bicyclic) bond motifs is 1. The maximum absolute atomic E-state index is 11.5. The van der Waals surface area contributed by atoms with E-state index < -0.39 is 5.97 Å². The van der Waals surface area contributed by atoms with Crippen LogP contribution in [0.2, 0.25) is 0 Å². The molecule has 0 aliphatic carbocycles. The van der Waals surface area contributed by atoms with Gasteiger partial charge < -0.3 is 15.2 Å². The van der Waals surface area contributed by atoms with E-state index in [1.54, 1.807) is 6.92 Å². The maximum Gasteiger partial charge on any atom is 0.337 e. The molecule has 0 aliphatic heterocycles. The van der Waals surface area contributed by atoms with Crippen molar-refractivity contribution in [2.75, 3.05) is 5.32 Å². The van der Waals surface area contributed by atoms with Crippen LogP contribution < -0.4 is 10.1 Å². The van der Waals surface area contributed by atoms with Gasteiger partial charge in [-0.25, -0.2) is 9.31 Å². The van der Waals surface area contributed by atoms with Gasteiger partial charge in [-0.05, 0) is 42.3 Å². The summed E-state index contributed by atoms with van der Waals surface area (Å²) < 4.78 is 7.27. The summed E-state index contributed by atoms with van der Waals surface area (Å²) in [6.45, 7) is 2.17. The van der Waals surface area contributed by atoms with Crippen LogP contribution in [0, 0.1) is 18.3 Å². The first kappa shape index (κ1) is 19.0. The Kier molecular flexibility index (Phi) is 5.06. The van der Waals surface area contributed by atoms with Crippen molar-refractivity contribution in [1.82, 2.24) is 9.61 Å². The van der Waals surface area contributed by atoms with E-state index in [0.717, 1.165) is 17.0 Å². The summed E-state index contributed by atoms with van der Waals surface area (Å²) in [5, 5.41) is 26.3. The summed E-state index contributed by atoms with van der Waals surface area (Å²) in [4.78, 5) is 11.5. The minimum Gasteiger partial charge on any atom is -0.489 e. The number of hydrogen-bond donors (Lipinski definition) is 2. The van der Waals surface area contributed by atoms with Gasteiger partial charge in [0.15, 0.2) is 0 Å². The number of nitrogens with one attached hydrogen (secondary N) is 1. The number of anilines is 2. The Bertz CT molecular complexity index is 1260. The van der Waals surface area contributed by atoms with E-state index >= 15 is 0 Å². The van der Waals surface area contributed by atoms with Crippen LogP contribution in [-0.2, 0) is 6.61 Å². The van der Waals surface area contributed by atoms with Gasteiger partial charge in [0.2, 0.25) is 0 Å². The van der Waals surface area contributed by atoms with Crippen molar-refractivity contribution in [2.45, 2.75) is 13.5 Å². The number of carboxylic acids is 1. The molecule has 2 aromatic heterocycles. The smallest absolute Gasteiger partial charge is 0.337 e. The second kappa shape index (κ2) is 7.97. The van der Waals surface area contributed by atoms with Gasteiger partial charge in [-0.3, -0.25) is 0 Å². The van der Waals surface area contributed by atoms with E-state index in [9.17, 15) is 15.2 Å². The summed E-state index contributed by atoms with van der Waals surface area (Å²) in [6.07, 6.45) is 2.86. The fourth-order valence-electron chi connectivity index (χ4n) is 3.23. The van der Waals surface area contributed by atoms with Crippen LogP contribution in [0.25, 0.3) is 5.52 Å². The molecule has 0 bridgehead atoms. The third-order valence-electron chi connectivity index (χ3n) is 4.78.